The van der Waals surface area contributed by atoms with E-state index in [9.17, 15) is 9.59 Å². The molecule has 8 heteroatoms. The van der Waals surface area contributed by atoms with Crippen LogP contribution in [0.3, 0.4) is 0 Å². The molecule has 2 N–H and O–H groups in total. The first kappa shape index (κ1) is 22.7. The van der Waals surface area contributed by atoms with Gasteiger partial charge in [-0.25, -0.2) is 9.59 Å². The number of halogens is 1. The summed E-state index contributed by atoms with van der Waals surface area (Å²) in [4.78, 5) is 25.5. The van der Waals surface area contributed by atoms with E-state index >= 15 is 0 Å². The van der Waals surface area contributed by atoms with Crippen LogP contribution in [0, 0.1) is 0 Å². The van der Waals surface area contributed by atoms with Crippen molar-refractivity contribution in [3.05, 3.63) is 63.6 Å². The van der Waals surface area contributed by atoms with E-state index in [1.54, 1.807) is 13.0 Å². The van der Waals surface area contributed by atoms with Gasteiger partial charge in [-0.3, -0.25) is 0 Å². The molecule has 2 aromatic carbocycles. The molecule has 1 heterocycles. The van der Waals surface area contributed by atoms with Crippen molar-refractivity contribution in [2.75, 3.05) is 19.8 Å². The summed E-state index contributed by atoms with van der Waals surface area (Å²) >= 11 is 3.53. The van der Waals surface area contributed by atoms with E-state index in [1.807, 2.05) is 50.2 Å². The molecule has 3 rings (SSSR count). The van der Waals surface area contributed by atoms with Crippen molar-refractivity contribution in [2.45, 2.75) is 26.8 Å². The molecule has 1 atom stereocenters. The normalized spacial score (nSPS) is 15.7. The lowest BCUT2D eigenvalue weighted by Gasteiger charge is -2.30. The third-order valence-corrected chi connectivity index (χ3v) is 5.17. The van der Waals surface area contributed by atoms with Gasteiger partial charge in [0, 0.05) is 0 Å². The van der Waals surface area contributed by atoms with Crippen molar-refractivity contribution in [1.82, 2.24) is 10.6 Å². The van der Waals surface area contributed by atoms with E-state index < -0.39 is 18.0 Å². The van der Waals surface area contributed by atoms with Gasteiger partial charge in [-0.15, -0.1) is 0 Å². The zero-order valence-corrected chi connectivity index (χ0v) is 19.2. The molecule has 0 aromatic heterocycles. The van der Waals surface area contributed by atoms with Gasteiger partial charge in [0.2, 0.25) is 0 Å². The molecule has 7 nitrogen and oxygen atoms in total. The highest BCUT2D eigenvalue weighted by Crippen LogP contribution is 2.41. The molecular formula is C23H25BrN2O5. The molecule has 0 spiro atoms. The number of hydrogen-bond acceptors (Lipinski definition) is 5. The van der Waals surface area contributed by atoms with Crippen LogP contribution in [0.1, 0.15) is 37.9 Å². The molecule has 1 aliphatic heterocycles. The van der Waals surface area contributed by atoms with Gasteiger partial charge >= 0.3 is 12.0 Å². The first-order valence-corrected chi connectivity index (χ1v) is 10.9. The SMILES string of the molecule is CCOC(=O)C1=C(c2ccccc2)NC(=O)NC1c1cc(Br)c(OCC)c(OCC)c1. The largest absolute Gasteiger partial charge is 0.490 e. The van der Waals surface area contributed by atoms with Crippen LogP contribution < -0.4 is 20.1 Å². The molecule has 164 valence electrons. The number of amides is 2. The molecule has 0 saturated carbocycles. The van der Waals surface area contributed by atoms with Crippen LogP contribution in [0.25, 0.3) is 5.70 Å². The van der Waals surface area contributed by atoms with Crippen molar-refractivity contribution < 1.29 is 23.8 Å². The van der Waals surface area contributed by atoms with Gasteiger partial charge in [0.15, 0.2) is 11.5 Å². The number of rotatable bonds is 8. The smallest absolute Gasteiger partial charge is 0.338 e. The van der Waals surface area contributed by atoms with E-state index in [4.69, 9.17) is 14.2 Å². The fourth-order valence-electron chi connectivity index (χ4n) is 3.38. The molecule has 0 aliphatic carbocycles. The summed E-state index contributed by atoms with van der Waals surface area (Å²) in [6.07, 6.45) is 0. The number of esters is 1. The molecule has 0 bridgehead atoms. The second-order valence-corrected chi connectivity index (χ2v) is 7.46. The Kier molecular flexibility index (Phi) is 7.57. The molecular weight excluding hydrogens is 464 g/mol. The number of hydrogen-bond donors (Lipinski definition) is 2. The molecule has 0 fully saturated rings. The van der Waals surface area contributed by atoms with Gasteiger partial charge in [-0.1, -0.05) is 30.3 Å². The molecule has 2 aromatic rings. The summed E-state index contributed by atoms with van der Waals surface area (Å²) in [5, 5.41) is 5.61. The fourth-order valence-corrected chi connectivity index (χ4v) is 3.95. The average Bonchev–Trinajstić information content (AvgIpc) is 2.76. The Morgan fingerprint density at radius 2 is 1.74 bits per heavy atom. The quantitative estimate of drug-likeness (QED) is 0.531. The molecule has 1 aliphatic rings. The Morgan fingerprint density at radius 1 is 1.03 bits per heavy atom. The van der Waals surface area contributed by atoms with Gasteiger partial charge < -0.3 is 24.8 Å². The number of benzene rings is 2. The highest BCUT2D eigenvalue weighted by atomic mass is 79.9. The third-order valence-electron chi connectivity index (χ3n) is 4.58. The Labute approximate surface area is 189 Å². The minimum Gasteiger partial charge on any atom is -0.490 e. The van der Waals surface area contributed by atoms with E-state index in [-0.39, 0.29) is 6.61 Å². The summed E-state index contributed by atoms with van der Waals surface area (Å²) in [7, 11) is 0. The highest BCUT2D eigenvalue weighted by Gasteiger charge is 2.35. The molecule has 1 unspecified atom stereocenters. The van der Waals surface area contributed by atoms with Gasteiger partial charge in [0.05, 0.1) is 41.6 Å². The zero-order valence-electron chi connectivity index (χ0n) is 17.7. The highest BCUT2D eigenvalue weighted by molar-refractivity contribution is 9.10. The Bertz CT molecular complexity index is 991. The Hall–Kier alpha value is -3.00. The van der Waals surface area contributed by atoms with Crippen molar-refractivity contribution in [1.29, 1.82) is 0 Å². The topological polar surface area (TPSA) is 85.9 Å². The second kappa shape index (κ2) is 10.3. The molecule has 0 saturated heterocycles. The molecule has 31 heavy (non-hydrogen) atoms. The van der Waals surface area contributed by atoms with Crippen LogP contribution in [-0.2, 0) is 9.53 Å². The van der Waals surface area contributed by atoms with E-state index in [2.05, 4.69) is 26.6 Å². The van der Waals surface area contributed by atoms with E-state index in [0.29, 0.717) is 51.6 Å². The number of ether oxygens (including phenoxy) is 3. The van der Waals surface area contributed by atoms with E-state index in [1.165, 1.54) is 0 Å². The van der Waals surface area contributed by atoms with Crippen molar-refractivity contribution in [3.8, 4) is 11.5 Å². The maximum absolute atomic E-state index is 13.0. The van der Waals surface area contributed by atoms with Gasteiger partial charge in [0.25, 0.3) is 0 Å². The van der Waals surface area contributed by atoms with Crippen molar-refractivity contribution in [3.63, 3.8) is 0 Å². The van der Waals surface area contributed by atoms with Crippen LogP contribution in [-0.4, -0.2) is 31.8 Å². The summed E-state index contributed by atoms with van der Waals surface area (Å²) in [6, 6.07) is 11.6. The number of urea groups is 1. The summed E-state index contributed by atoms with van der Waals surface area (Å²) in [6.45, 7) is 6.61. The average molecular weight is 489 g/mol. The summed E-state index contributed by atoms with van der Waals surface area (Å²) < 4.78 is 17.5. The van der Waals surface area contributed by atoms with Crippen LogP contribution in [0.2, 0.25) is 0 Å². The number of carbonyl (C=O) groups is 2. The Morgan fingerprint density at radius 3 is 2.39 bits per heavy atom. The van der Waals surface area contributed by atoms with Crippen molar-refractivity contribution in [2.24, 2.45) is 0 Å². The van der Waals surface area contributed by atoms with Crippen LogP contribution in [0.4, 0.5) is 4.79 Å². The molecule has 0 radical (unpaired) electrons. The first-order chi connectivity index (χ1) is 15.0. The van der Waals surface area contributed by atoms with Crippen LogP contribution in [0.15, 0.2) is 52.5 Å². The standard InChI is InChI=1S/C23H25BrN2O5/c1-4-29-17-13-15(12-16(24)21(17)30-5-2)20-18(22(27)31-6-3)19(25-23(28)26-20)14-10-8-7-9-11-14/h7-13,20H,4-6H2,1-3H3,(H2,25,26,28). The third kappa shape index (κ3) is 5.02. The first-order valence-electron chi connectivity index (χ1n) is 10.1. The predicted molar refractivity (Wildman–Crippen MR) is 121 cm³/mol. The lowest BCUT2D eigenvalue weighted by molar-refractivity contribution is -0.138. The van der Waals surface area contributed by atoms with Gasteiger partial charge in [-0.05, 0) is 60.0 Å². The van der Waals surface area contributed by atoms with Crippen molar-refractivity contribution >= 4 is 33.6 Å². The summed E-state index contributed by atoms with van der Waals surface area (Å²) in [5.74, 6) is 0.575. The monoisotopic (exact) mass is 488 g/mol. The lowest BCUT2D eigenvalue weighted by Crippen LogP contribution is -2.45. The van der Waals surface area contributed by atoms with Crippen LogP contribution >= 0.6 is 15.9 Å². The Balaban J connectivity index is 2.19. The van der Waals surface area contributed by atoms with E-state index in [0.717, 1.165) is 0 Å². The lowest BCUT2D eigenvalue weighted by atomic mass is 9.92. The van der Waals surface area contributed by atoms with Gasteiger partial charge in [0.1, 0.15) is 0 Å². The second-order valence-electron chi connectivity index (χ2n) is 6.60. The minimum atomic E-state index is -0.741. The van der Waals surface area contributed by atoms with Gasteiger partial charge in [-0.2, -0.15) is 0 Å². The zero-order chi connectivity index (χ0) is 22.4. The minimum absolute atomic E-state index is 0.211. The fraction of sp³-hybridized carbons (Fsp3) is 0.304. The summed E-state index contributed by atoms with van der Waals surface area (Å²) in [5.41, 5.74) is 2.09. The molecule has 2 amide bonds. The maximum Gasteiger partial charge on any atom is 0.338 e. The number of nitrogens with one attached hydrogen (secondary N) is 2. The number of carbonyl (C=O) groups excluding carboxylic acids is 2. The maximum atomic E-state index is 13.0. The van der Waals surface area contributed by atoms with Crippen LogP contribution in [0.5, 0.6) is 11.5 Å². The predicted octanol–water partition coefficient (Wildman–Crippen LogP) is 4.57.